The zero-order valence-electron chi connectivity index (χ0n) is 17.0. The van der Waals surface area contributed by atoms with Crippen LogP contribution in [0.2, 0.25) is 0 Å². The molecule has 0 saturated heterocycles. The van der Waals surface area contributed by atoms with Gasteiger partial charge in [0.05, 0.1) is 23.8 Å². The molecule has 0 spiro atoms. The molecular formula is C22H19N3O4S2. The van der Waals surface area contributed by atoms with Gasteiger partial charge in [-0.3, -0.25) is 9.36 Å². The van der Waals surface area contributed by atoms with Gasteiger partial charge in [0.1, 0.15) is 32.9 Å². The second kappa shape index (κ2) is 7.90. The predicted molar refractivity (Wildman–Crippen MR) is 120 cm³/mol. The molecule has 0 radical (unpaired) electrons. The Kier molecular flexibility index (Phi) is 5.07. The number of rotatable bonds is 5. The topological polar surface area (TPSA) is 83.3 Å². The van der Waals surface area contributed by atoms with E-state index in [2.05, 4.69) is 9.97 Å². The average Bonchev–Trinajstić information content (AvgIpc) is 3.51. The van der Waals surface area contributed by atoms with Crippen LogP contribution in [-0.2, 0) is 24.3 Å². The number of thiazole rings is 1. The molecule has 1 aliphatic heterocycles. The summed E-state index contributed by atoms with van der Waals surface area (Å²) in [5.41, 5.74) is 2.13. The third-order valence-electron chi connectivity index (χ3n) is 5.34. The summed E-state index contributed by atoms with van der Waals surface area (Å²) >= 11 is 2.69. The van der Waals surface area contributed by atoms with E-state index in [1.807, 2.05) is 29.6 Å². The van der Waals surface area contributed by atoms with Crippen molar-refractivity contribution in [3.05, 3.63) is 62.0 Å². The fourth-order valence-electron chi connectivity index (χ4n) is 3.79. The molecule has 7 nitrogen and oxygen atoms in total. The van der Waals surface area contributed by atoms with E-state index in [4.69, 9.17) is 9.47 Å². The van der Waals surface area contributed by atoms with Crippen LogP contribution in [0, 0.1) is 6.92 Å². The van der Waals surface area contributed by atoms with Gasteiger partial charge in [-0.05, 0) is 31.0 Å². The molecule has 0 atom stereocenters. The first-order valence-electron chi connectivity index (χ1n) is 9.84. The van der Waals surface area contributed by atoms with E-state index in [0.717, 1.165) is 35.0 Å². The van der Waals surface area contributed by atoms with Crippen LogP contribution < -0.4 is 10.3 Å². The monoisotopic (exact) mass is 453 g/mol. The second-order valence-corrected chi connectivity index (χ2v) is 9.10. The molecule has 0 aliphatic carbocycles. The summed E-state index contributed by atoms with van der Waals surface area (Å²) in [5, 5.41) is 3.19. The maximum atomic E-state index is 12.8. The number of esters is 1. The van der Waals surface area contributed by atoms with Crippen molar-refractivity contribution >= 4 is 38.9 Å². The van der Waals surface area contributed by atoms with Crippen LogP contribution >= 0.6 is 22.7 Å². The number of carbonyl (C=O) groups is 1. The second-order valence-electron chi connectivity index (χ2n) is 7.25. The highest BCUT2D eigenvalue weighted by molar-refractivity contribution is 7.20. The van der Waals surface area contributed by atoms with Crippen LogP contribution in [0.3, 0.4) is 0 Å². The standard InChI is InChI=1S/C22H19N3O4S2/c1-12-17-20(24-16-8-5-9-25(16)21(17)26)31-18(12)22(27)29-10-13-11-30-19(23-13)14-6-3-4-7-15(14)28-2/h3-4,6-7,11H,5,8-10H2,1-2H3. The van der Waals surface area contributed by atoms with Crippen LogP contribution in [0.15, 0.2) is 34.4 Å². The Morgan fingerprint density at radius 1 is 1.26 bits per heavy atom. The zero-order valence-corrected chi connectivity index (χ0v) is 18.6. The third-order valence-corrected chi connectivity index (χ3v) is 7.43. The Morgan fingerprint density at radius 2 is 2.10 bits per heavy atom. The summed E-state index contributed by atoms with van der Waals surface area (Å²) in [7, 11) is 1.62. The number of aryl methyl sites for hydroxylation is 2. The van der Waals surface area contributed by atoms with E-state index in [9.17, 15) is 9.59 Å². The van der Waals surface area contributed by atoms with Crippen LogP contribution in [-0.4, -0.2) is 27.6 Å². The number of aromatic nitrogens is 3. The minimum atomic E-state index is -0.461. The van der Waals surface area contributed by atoms with E-state index >= 15 is 0 Å². The number of hydrogen-bond acceptors (Lipinski definition) is 8. The summed E-state index contributed by atoms with van der Waals surface area (Å²) in [4.78, 5) is 35.8. The number of methoxy groups -OCH3 is 1. The minimum Gasteiger partial charge on any atom is -0.496 e. The lowest BCUT2D eigenvalue weighted by Crippen LogP contribution is -2.20. The molecule has 0 fully saturated rings. The highest BCUT2D eigenvalue weighted by Crippen LogP contribution is 2.33. The number of thiophene rings is 1. The fraction of sp³-hybridized carbons (Fsp3) is 0.273. The first kappa shape index (κ1) is 19.9. The molecule has 9 heteroatoms. The van der Waals surface area contributed by atoms with Crippen molar-refractivity contribution in [2.75, 3.05) is 7.11 Å². The van der Waals surface area contributed by atoms with E-state index in [0.29, 0.717) is 32.9 Å². The van der Waals surface area contributed by atoms with Crippen molar-refractivity contribution < 1.29 is 14.3 Å². The van der Waals surface area contributed by atoms with Gasteiger partial charge in [-0.15, -0.1) is 22.7 Å². The van der Waals surface area contributed by atoms with Gasteiger partial charge >= 0.3 is 5.97 Å². The SMILES string of the molecule is COc1ccccc1-c1nc(COC(=O)c2sc3nc4n(c(=O)c3c2C)CCC4)cs1. The normalized spacial score (nSPS) is 12.8. The van der Waals surface area contributed by atoms with Crippen molar-refractivity contribution in [3.8, 4) is 16.3 Å². The molecule has 4 heterocycles. The maximum Gasteiger partial charge on any atom is 0.349 e. The van der Waals surface area contributed by atoms with E-state index < -0.39 is 5.97 Å². The number of hydrogen-bond donors (Lipinski definition) is 0. The molecule has 0 saturated carbocycles. The highest BCUT2D eigenvalue weighted by Gasteiger charge is 2.24. The van der Waals surface area contributed by atoms with Gasteiger partial charge in [0.15, 0.2) is 0 Å². The van der Waals surface area contributed by atoms with Gasteiger partial charge in [0.2, 0.25) is 0 Å². The van der Waals surface area contributed by atoms with Gasteiger partial charge in [0, 0.05) is 18.3 Å². The molecule has 3 aromatic heterocycles. The van der Waals surface area contributed by atoms with Crippen molar-refractivity contribution in [2.24, 2.45) is 0 Å². The van der Waals surface area contributed by atoms with Crippen LogP contribution in [0.5, 0.6) is 5.75 Å². The fourth-order valence-corrected chi connectivity index (χ4v) is 5.71. The van der Waals surface area contributed by atoms with Crippen LogP contribution in [0.25, 0.3) is 20.8 Å². The molecule has 0 bridgehead atoms. The molecule has 158 valence electrons. The van der Waals surface area contributed by atoms with E-state index in [-0.39, 0.29) is 12.2 Å². The predicted octanol–water partition coefficient (Wildman–Crippen LogP) is 4.20. The molecule has 1 aromatic carbocycles. The van der Waals surface area contributed by atoms with Gasteiger partial charge in [0.25, 0.3) is 5.56 Å². The Morgan fingerprint density at radius 3 is 2.94 bits per heavy atom. The number of benzene rings is 1. The molecule has 0 N–H and O–H groups in total. The van der Waals surface area contributed by atoms with Crippen molar-refractivity contribution in [1.82, 2.24) is 14.5 Å². The Hall–Kier alpha value is -3.04. The average molecular weight is 454 g/mol. The molecule has 5 rings (SSSR count). The van der Waals surface area contributed by atoms with Gasteiger partial charge in [-0.2, -0.15) is 0 Å². The lowest BCUT2D eigenvalue weighted by atomic mass is 10.2. The van der Waals surface area contributed by atoms with Crippen molar-refractivity contribution in [1.29, 1.82) is 0 Å². The first-order chi connectivity index (χ1) is 15.1. The quantitative estimate of drug-likeness (QED) is 0.421. The summed E-state index contributed by atoms with van der Waals surface area (Å²) in [6.45, 7) is 2.52. The van der Waals surface area contributed by atoms with Crippen LogP contribution in [0.4, 0.5) is 0 Å². The smallest absolute Gasteiger partial charge is 0.349 e. The Labute approximate surface area is 185 Å². The molecular weight excluding hydrogens is 434 g/mol. The molecule has 1 aliphatic rings. The first-order valence-corrected chi connectivity index (χ1v) is 11.5. The number of carbonyl (C=O) groups excluding carboxylic acids is 1. The van der Waals surface area contributed by atoms with Gasteiger partial charge in [-0.1, -0.05) is 12.1 Å². The summed E-state index contributed by atoms with van der Waals surface area (Å²) < 4.78 is 12.6. The van der Waals surface area contributed by atoms with Crippen molar-refractivity contribution in [3.63, 3.8) is 0 Å². The van der Waals surface area contributed by atoms with Crippen LogP contribution in [0.1, 0.15) is 33.2 Å². The molecule has 0 amide bonds. The number of para-hydroxylation sites is 1. The lowest BCUT2D eigenvalue weighted by molar-refractivity contribution is 0.0473. The summed E-state index contributed by atoms with van der Waals surface area (Å²) in [6.07, 6.45) is 1.72. The molecule has 31 heavy (non-hydrogen) atoms. The summed E-state index contributed by atoms with van der Waals surface area (Å²) in [5.74, 6) is 1.08. The summed E-state index contributed by atoms with van der Waals surface area (Å²) in [6, 6.07) is 7.65. The van der Waals surface area contributed by atoms with E-state index in [1.54, 1.807) is 18.6 Å². The zero-order chi connectivity index (χ0) is 21.5. The highest BCUT2D eigenvalue weighted by atomic mass is 32.1. The van der Waals surface area contributed by atoms with E-state index in [1.165, 1.54) is 22.7 Å². The van der Waals surface area contributed by atoms with Crippen molar-refractivity contribution in [2.45, 2.75) is 32.9 Å². The van der Waals surface area contributed by atoms with Gasteiger partial charge in [-0.25, -0.2) is 14.8 Å². The van der Waals surface area contributed by atoms with Gasteiger partial charge < -0.3 is 9.47 Å². The number of ether oxygens (including phenoxy) is 2. The largest absolute Gasteiger partial charge is 0.496 e. The molecule has 0 unspecified atom stereocenters. The number of nitrogens with zero attached hydrogens (tertiary/aromatic N) is 3. The molecule has 4 aromatic rings. The lowest BCUT2D eigenvalue weighted by Gasteiger charge is -2.05. The number of fused-ring (bicyclic) bond motifs is 2. The Bertz CT molecular complexity index is 1370. The third kappa shape index (κ3) is 3.43. The Balaban J connectivity index is 1.36. The maximum absolute atomic E-state index is 12.8. The minimum absolute atomic E-state index is 0.0566.